The predicted octanol–water partition coefficient (Wildman–Crippen LogP) is 3.23. The van der Waals surface area contributed by atoms with Crippen molar-refractivity contribution in [1.29, 1.82) is 0 Å². The number of nitrogens with zero attached hydrogens (tertiary/aromatic N) is 1. The van der Waals surface area contributed by atoms with E-state index in [1.165, 1.54) is 51.4 Å². The maximum Gasteiger partial charge on any atom is 0.323 e. The highest BCUT2D eigenvalue weighted by atomic mass is 16.5. The number of rotatable bonds is 3. The number of carbonyl (C=O) groups is 1. The van der Waals surface area contributed by atoms with Crippen molar-refractivity contribution in [2.75, 3.05) is 20.2 Å². The Balaban J connectivity index is 1.50. The lowest BCUT2D eigenvalue weighted by Gasteiger charge is -2.58. The van der Waals surface area contributed by atoms with Gasteiger partial charge in [0.2, 0.25) is 0 Å². The minimum atomic E-state index is -0.000529. The van der Waals surface area contributed by atoms with E-state index < -0.39 is 0 Å². The van der Waals surface area contributed by atoms with Gasteiger partial charge in [0.1, 0.15) is 6.04 Å². The van der Waals surface area contributed by atoms with Gasteiger partial charge >= 0.3 is 5.97 Å². The van der Waals surface area contributed by atoms with Gasteiger partial charge in [-0.1, -0.05) is 6.42 Å². The number of esters is 1. The summed E-state index contributed by atoms with van der Waals surface area (Å²) in [4.78, 5) is 14.6. The molecule has 3 heteroatoms. The van der Waals surface area contributed by atoms with E-state index >= 15 is 0 Å². The third-order valence-electron chi connectivity index (χ3n) is 6.79. The molecule has 4 aliphatic carbocycles. The zero-order valence-corrected chi connectivity index (χ0v) is 13.4. The van der Waals surface area contributed by atoms with Crippen molar-refractivity contribution in [2.45, 2.75) is 63.8 Å². The van der Waals surface area contributed by atoms with Crippen LogP contribution in [0, 0.1) is 23.2 Å². The minimum absolute atomic E-state index is 0.000529. The molecule has 0 N–H and O–H groups in total. The van der Waals surface area contributed by atoms with Gasteiger partial charge in [-0.2, -0.15) is 0 Å². The van der Waals surface area contributed by atoms with E-state index in [0.29, 0.717) is 5.41 Å². The average molecular weight is 291 g/mol. The van der Waals surface area contributed by atoms with Gasteiger partial charge in [0.25, 0.3) is 0 Å². The van der Waals surface area contributed by atoms with Crippen LogP contribution in [-0.4, -0.2) is 37.1 Å². The highest BCUT2D eigenvalue weighted by molar-refractivity contribution is 5.75. The SMILES string of the molecule is COC(=O)[C@H]1CCCCN1CC12CC3CC(CC(C3)C1)C2. The summed E-state index contributed by atoms with van der Waals surface area (Å²) in [7, 11) is 1.54. The zero-order chi connectivity index (χ0) is 14.4. The van der Waals surface area contributed by atoms with Crippen molar-refractivity contribution in [3.8, 4) is 0 Å². The Bertz CT molecular complexity index is 384. The lowest BCUT2D eigenvalue weighted by molar-refractivity contribution is -0.151. The van der Waals surface area contributed by atoms with Gasteiger partial charge in [0.15, 0.2) is 0 Å². The number of ether oxygens (including phenoxy) is 1. The predicted molar refractivity (Wildman–Crippen MR) is 81.8 cm³/mol. The maximum absolute atomic E-state index is 12.1. The molecule has 5 rings (SSSR count). The second-order valence-corrected chi connectivity index (χ2v) is 8.42. The van der Waals surface area contributed by atoms with Crippen LogP contribution < -0.4 is 0 Å². The molecule has 0 aromatic heterocycles. The molecule has 1 atom stereocenters. The van der Waals surface area contributed by atoms with Crippen LogP contribution >= 0.6 is 0 Å². The highest BCUT2D eigenvalue weighted by Gasteiger charge is 2.52. The number of methoxy groups -OCH3 is 1. The normalized spacial score (nSPS) is 45.8. The Labute approximate surface area is 128 Å². The summed E-state index contributed by atoms with van der Waals surface area (Å²) < 4.78 is 5.06. The monoisotopic (exact) mass is 291 g/mol. The molecule has 5 aliphatic rings. The fourth-order valence-corrected chi connectivity index (χ4v) is 6.50. The number of hydrogen-bond acceptors (Lipinski definition) is 3. The zero-order valence-electron chi connectivity index (χ0n) is 13.4. The van der Waals surface area contributed by atoms with Gasteiger partial charge in [0, 0.05) is 6.54 Å². The molecule has 5 fully saturated rings. The molecule has 4 saturated carbocycles. The van der Waals surface area contributed by atoms with Gasteiger partial charge in [-0.3, -0.25) is 9.69 Å². The van der Waals surface area contributed by atoms with Gasteiger partial charge in [0.05, 0.1) is 7.11 Å². The highest BCUT2D eigenvalue weighted by Crippen LogP contribution is 2.60. The molecular weight excluding hydrogens is 262 g/mol. The van der Waals surface area contributed by atoms with Crippen LogP contribution in [0.2, 0.25) is 0 Å². The Morgan fingerprint density at radius 3 is 2.29 bits per heavy atom. The van der Waals surface area contributed by atoms with E-state index in [2.05, 4.69) is 4.90 Å². The summed E-state index contributed by atoms with van der Waals surface area (Å²) >= 11 is 0. The molecule has 1 heterocycles. The summed E-state index contributed by atoms with van der Waals surface area (Å²) in [5.74, 6) is 2.99. The average Bonchev–Trinajstić information content (AvgIpc) is 2.45. The second kappa shape index (κ2) is 5.26. The first-order valence-corrected chi connectivity index (χ1v) is 8.99. The Hall–Kier alpha value is -0.570. The van der Waals surface area contributed by atoms with Gasteiger partial charge < -0.3 is 4.74 Å². The quantitative estimate of drug-likeness (QED) is 0.748. The van der Waals surface area contributed by atoms with E-state index in [0.717, 1.165) is 37.3 Å². The van der Waals surface area contributed by atoms with E-state index in [1.807, 2.05) is 0 Å². The van der Waals surface area contributed by atoms with Crippen LogP contribution in [0.1, 0.15) is 57.8 Å². The third kappa shape index (κ3) is 2.52. The Kier molecular flexibility index (Phi) is 3.52. The molecule has 0 aromatic rings. The Morgan fingerprint density at radius 1 is 1.10 bits per heavy atom. The molecule has 1 aliphatic heterocycles. The number of piperidine rings is 1. The molecule has 118 valence electrons. The van der Waals surface area contributed by atoms with Crippen LogP contribution in [0.5, 0.6) is 0 Å². The largest absolute Gasteiger partial charge is 0.468 e. The van der Waals surface area contributed by atoms with E-state index in [9.17, 15) is 4.79 Å². The van der Waals surface area contributed by atoms with Crippen LogP contribution in [0.15, 0.2) is 0 Å². The Morgan fingerprint density at radius 2 is 1.71 bits per heavy atom. The van der Waals surface area contributed by atoms with E-state index in [-0.39, 0.29) is 12.0 Å². The van der Waals surface area contributed by atoms with Crippen molar-refractivity contribution < 1.29 is 9.53 Å². The lowest BCUT2D eigenvalue weighted by atomic mass is 9.49. The lowest BCUT2D eigenvalue weighted by Crippen LogP contribution is -2.55. The van der Waals surface area contributed by atoms with Crippen LogP contribution in [0.3, 0.4) is 0 Å². The smallest absolute Gasteiger partial charge is 0.323 e. The van der Waals surface area contributed by atoms with Crippen molar-refractivity contribution in [3.63, 3.8) is 0 Å². The van der Waals surface area contributed by atoms with Crippen LogP contribution in [0.4, 0.5) is 0 Å². The van der Waals surface area contributed by atoms with Gasteiger partial charge in [-0.05, 0) is 81.1 Å². The molecule has 4 bridgehead atoms. The molecule has 0 aromatic carbocycles. The fraction of sp³-hybridized carbons (Fsp3) is 0.944. The van der Waals surface area contributed by atoms with Crippen LogP contribution in [-0.2, 0) is 9.53 Å². The standard InChI is InChI=1S/C18H29NO2/c1-21-17(20)16-4-2-3-5-19(16)12-18-9-13-6-14(10-18)8-15(7-13)11-18/h13-16H,2-12H2,1H3/t13?,14?,15?,16-,18?/m1/s1. The van der Waals surface area contributed by atoms with E-state index in [4.69, 9.17) is 4.74 Å². The molecular formula is C18H29NO2. The number of likely N-dealkylation sites (tertiary alicyclic amines) is 1. The molecule has 0 unspecified atom stereocenters. The summed E-state index contributed by atoms with van der Waals surface area (Å²) in [6.45, 7) is 2.26. The molecule has 3 nitrogen and oxygen atoms in total. The maximum atomic E-state index is 12.1. The first-order chi connectivity index (χ1) is 10.2. The van der Waals surface area contributed by atoms with Gasteiger partial charge in [-0.25, -0.2) is 0 Å². The number of hydrogen-bond donors (Lipinski definition) is 0. The molecule has 21 heavy (non-hydrogen) atoms. The summed E-state index contributed by atoms with van der Waals surface area (Å²) in [6, 6.07) is 0.0387. The van der Waals surface area contributed by atoms with Crippen molar-refractivity contribution in [3.05, 3.63) is 0 Å². The van der Waals surface area contributed by atoms with E-state index in [1.54, 1.807) is 7.11 Å². The topological polar surface area (TPSA) is 29.5 Å². The molecule has 0 radical (unpaired) electrons. The molecule has 1 saturated heterocycles. The third-order valence-corrected chi connectivity index (χ3v) is 6.79. The van der Waals surface area contributed by atoms with Gasteiger partial charge in [-0.15, -0.1) is 0 Å². The van der Waals surface area contributed by atoms with Crippen molar-refractivity contribution in [2.24, 2.45) is 23.2 Å². The first-order valence-electron chi connectivity index (χ1n) is 8.99. The number of carbonyl (C=O) groups excluding carboxylic acids is 1. The fourth-order valence-electron chi connectivity index (χ4n) is 6.50. The molecule has 0 spiro atoms. The van der Waals surface area contributed by atoms with Crippen molar-refractivity contribution >= 4 is 5.97 Å². The summed E-state index contributed by atoms with van der Waals surface area (Å²) in [5, 5.41) is 0. The van der Waals surface area contributed by atoms with Crippen molar-refractivity contribution in [1.82, 2.24) is 4.90 Å². The minimum Gasteiger partial charge on any atom is -0.468 e. The molecule has 0 amide bonds. The van der Waals surface area contributed by atoms with Crippen LogP contribution in [0.25, 0.3) is 0 Å². The summed E-state index contributed by atoms with van der Waals surface area (Å²) in [6.07, 6.45) is 12.2. The second-order valence-electron chi connectivity index (χ2n) is 8.42. The summed E-state index contributed by atoms with van der Waals surface area (Å²) in [5.41, 5.74) is 0.540. The first kappa shape index (κ1) is 14.0.